The molecule has 0 spiro atoms. The molecule has 0 aliphatic rings. The molecular formula is C18H31NO. The minimum absolute atomic E-state index is 0.679. The molecule has 0 bridgehead atoms. The van der Waals surface area contributed by atoms with E-state index in [2.05, 4.69) is 50.4 Å². The van der Waals surface area contributed by atoms with Gasteiger partial charge in [0.15, 0.2) is 0 Å². The van der Waals surface area contributed by atoms with Gasteiger partial charge in [-0.05, 0) is 62.2 Å². The van der Waals surface area contributed by atoms with E-state index in [1.807, 2.05) is 0 Å². The molecule has 2 nitrogen and oxygen atoms in total. The zero-order valence-corrected chi connectivity index (χ0v) is 13.6. The molecule has 2 heteroatoms. The van der Waals surface area contributed by atoms with Crippen LogP contribution >= 0.6 is 0 Å². The molecule has 0 heterocycles. The first kappa shape index (κ1) is 17.2. The van der Waals surface area contributed by atoms with Crippen molar-refractivity contribution in [1.29, 1.82) is 0 Å². The predicted octanol–water partition coefficient (Wildman–Crippen LogP) is 3.83. The Labute approximate surface area is 124 Å². The van der Waals surface area contributed by atoms with Gasteiger partial charge in [0.05, 0.1) is 0 Å². The van der Waals surface area contributed by atoms with Crippen LogP contribution in [-0.4, -0.2) is 26.8 Å². The van der Waals surface area contributed by atoms with Crippen molar-refractivity contribution >= 4 is 0 Å². The molecule has 1 aromatic carbocycles. The molecule has 2 unspecified atom stereocenters. The lowest BCUT2D eigenvalue weighted by molar-refractivity contribution is 0.164. The minimum Gasteiger partial charge on any atom is -0.385 e. The normalized spacial score (nSPS) is 14.2. The lowest BCUT2D eigenvalue weighted by Gasteiger charge is -2.25. The first-order valence-electron chi connectivity index (χ1n) is 7.93. The summed E-state index contributed by atoms with van der Waals surface area (Å²) in [5, 5.41) is 3.59. The summed E-state index contributed by atoms with van der Waals surface area (Å²) < 4.78 is 5.24. The Morgan fingerprint density at radius 3 is 2.65 bits per heavy atom. The number of methoxy groups -OCH3 is 1. The summed E-state index contributed by atoms with van der Waals surface area (Å²) >= 11 is 0. The van der Waals surface area contributed by atoms with Crippen LogP contribution in [-0.2, 0) is 11.2 Å². The molecule has 20 heavy (non-hydrogen) atoms. The number of ether oxygens (including phenoxy) is 1. The van der Waals surface area contributed by atoms with E-state index >= 15 is 0 Å². The van der Waals surface area contributed by atoms with E-state index in [0.717, 1.165) is 32.5 Å². The zero-order valence-electron chi connectivity index (χ0n) is 13.6. The van der Waals surface area contributed by atoms with Gasteiger partial charge in [-0.3, -0.25) is 0 Å². The summed E-state index contributed by atoms with van der Waals surface area (Å²) in [6.45, 7) is 9.87. The van der Waals surface area contributed by atoms with Crippen LogP contribution in [0.2, 0.25) is 0 Å². The van der Waals surface area contributed by atoms with E-state index in [1.165, 1.54) is 17.5 Å². The van der Waals surface area contributed by atoms with Crippen molar-refractivity contribution in [3.05, 3.63) is 35.4 Å². The quantitative estimate of drug-likeness (QED) is 0.656. The summed E-state index contributed by atoms with van der Waals surface area (Å²) in [7, 11) is 1.79. The van der Waals surface area contributed by atoms with Crippen molar-refractivity contribution in [3.63, 3.8) is 0 Å². The maximum absolute atomic E-state index is 5.24. The molecular weight excluding hydrogens is 246 g/mol. The maximum atomic E-state index is 5.24. The van der Waals surface area contributed by atoms with Gasteiger partial charge in [-0.1, -0.05) is 38.1 Å². The highest BCUT2D eigenvalue weighted by molar-refractivity contribution is 5.26. The number of rotatable bonds is 10. The van der Waals surface area contributed by atoms with Gasteiger partial charge in [-0.25, -0.2) is 0 Å². The number of hydrogen-bond donors (Lipinski definition) is 1. The smallest absolute Gasteiger partial charge is 0.0464 e. The largest absolute Gasteiger partial charge is 0.385 e. The van der Waals surface area contributed by atoms with Crippen LogP contribution in [0.15, 0.2) is 24.3 Å². The average Bonchev–Trinajstić information content (AvgIpc) is 2.46. The molecule has 0 amide bonds. The zero-order chi connectivity index (χ0) is 14.8. The second-order valence-electron chi connectivity index (χ2n) is 5.85. The highest BCUT2D eigenvalue weighted by atomic mass is 16.5. The second-order valence-corrected chi connectivity index (χ2v) is 5.85. The lowest BCUT2D eigenvalue weighted by atomic mass is 9.85. The van der Waals surface area contributed by atoms with Gasteiger partial charge in [-0.2, -0.15) is 0 Å². The van der Waals surface area contributed by atoms with Gasteiger partial charge in [0.25, 0.3) is 0 Å². The lowest BCUT2D eigenvalue weighted by Crippen LogP contribution is -2.30. The molecule has 0 saturated carbocycles. The van der Waals surface area contributed by atoms with Crippen LogP contribution in [0.3, 0.4) is 0 Å². The summed E-state index contributed by atoms with van der Waals surface area (Å²) in [6.07, 6.45) is 3.50. The van der Waals surface area contributed by atoms with Gasteiger partial charge in [-0.15, -0.1) is 0 Å². The highest BCUT2D eigenvalue weighted by Crippen LogP contribution is 2.22. The van der Waals surface area contributed by atoms with E-state index in [9.17, 15) is 0 Å². The Kier molecular flexibility index (Phi) is 8.56. The molecule has 0 fully saturated rings. The molecule has 1 N–H and O–H groups in total. The monoisotopic (exact) mass is 277 g/mol. The van der Waals surface area contributed by atoms with Gasteiger partial charge in [0.1, 0.15) is 0 Å². The fraction of sp³-hybridized carbons (Fsp3) is 0.667. The third-order valence-corrected chi connectivity index (χ3v) is 4.16. The third kappa shape index (κ3) is 6.06. The molecule has 0 aromatic heterocycles. The van der Waals surface area contributed by atoms with Crippen LogP contribution in [0.5, 0.6) is 0 Å². The Balaban J connectivity index is 2.63. The second kappa shape index (κ2) is 9.95. The average molecular weight is 277 g/mol. The summed E-state index contributed by atoms with van der Waals surface area (Å²) in [6, 6.07) is 8.76. The van der Waals surface area contributed by atoms with E-state index in [1.54, 1.807) is 7.11 Å². The van der Waals surface area contributed by atoms with Crippen LogP contribution in [0.4, 0.5) is 0 Å². The summed E-state index contributed by atoms with van der Waals surface area (Å²) in [4.78, 5) is 0. The van der Waals surface area contributed by atoms with Crippen molar-refractivity contribution < 1.29 is 4.74 Å². The molecule has 0 radical (unpaired) electrons. The van der Waals surface area contributed by atoms with Crippen LogP contribution in [0, 0.1) is 18.8 Å². The van der Waals surface area contributed by atoms with Gasteiger partial charge >= 0.3 is 0 Å². The summed E-state index contributed by atoms with van der Waals surface area (Å²) in [5.74, 6) is 1.36. The van der Waals surface area contributed by atoms with Crippen molar-refractivity contribution in [2.75, 3.05) is 26.8 Å². The number of benzene rings is 1. The molecule has 0 saturated heterocycles. The van der Waals surface area contributed by atoms with Crippen LogP contribution in [0.25, 0.3) is 0 Å². The summed E-state index contributed by atoms with van der Waals surface area (Å²) in [5.41, 5.74) is 2.90. The Hall–Kier alpha value is -0.860. The van der Waals surface area contributed by atoms with Crippen molar-refractivity contribution in [2.24, 2.45) is 11.8 Å². The van der Waals surface area contributed by atoms with E-state index in [-0.39, 0.29) is 0 Å². The molecule has 1 aromatic rings. The number of nitrogens with one attached hydrogen (secondary N) is 1. The van der Waals surface area contributed by atoms with Gasteiger partial charge in [0.2, 0.25) is 0 Å². The molecule has 114 valence electrons. The Morgan fingerprint density at radius 1 is 1.25 bits per heavy atom. The topological polar surface area (TPSA) is 21.3 Å². The standard InChI is InChI=1S/C18H31NO/c1-5-11-19-14-18(16(3)10-12-20-4)13-17-9-7-6-8-15(17)2/h6-9,16,18-19H,5,10-14H2,1-4H3. The molecule has 2 atom stereocenters. The van der Waals surface area contributed by atoms with Gasteiger partial charge in [0, 0.05) is 13.7 Å². The molecule has 0 aliphatic carbocycles. The van der Waals surface area contributed by atoms with E-state index in [4.69, 9.17) is 4.74 Å². The van der Waals surface area contributed by atoms with E-state index in [0.29, 0.717) is 11.8 Å². The first-order valence-corrected chi connectivity index (χ1v) is 7.93. The predicted molar refractivity (Wildman–Crippen MR) is 87.2 cm³/mol. The third-order valence-electron chi connectivity index (χ3n) is 4.16. The van der Waals surface area contributed by atoms with E-state index < -0.39 is 0 Å². The first-order chi connectivity index (χ1) is 9.69. The van der Waals surface area contributed by atoms with Crippen molar-refractivity contribution in [2.45, 2.75) is 40.0 Å². The Morgan fingerprint density at radius 2 is 2.00 bits per heavy atom. The SMILES string of the molecule is CCCNCC(Cc1ccccc1C)C(C)CCOC. The molecule has 0 aliphatic heterocycles. The van der Waals surface area contributed by atoms with Crippen LogP contribution in [0.1, 0.15) is 37.8 Å². The van der Waals surface area contributed by atoms with Crippen LogP contribution < -0.4 is 5.32 Å². The fourth-order valence-corrected chi connectivity index (χ4v) is 2.60. The van der Waals surface area contributed by atoms with Crippen molar-refractivity contribution in [1.82, 2.24) is 5.32 Å². The number of hydrogen-bond acceptors (Lipinski definition) is 2. The van der Waals surface area contributed by atoms with Gasteiger partial charge < -0.3 is 10.1 Å². The minimum atomic E-state index is 0.679. The molecule has 1 rings (SSSR count). The number of aryl methyl sites for hydroxylation is 1. The van der Waals surface area contributed by atoms with Crippen molar-refractivity contribution in [3.8, 4) is 0 Å². The fourth-order valence-electron chi connectivity index (χ4n) is 2.60. The maximum Gasteiger partial charge on any atom is 0.0464 e. The Bertz CT molecular complexity index is 364. The highest BCUT2D eigenvalue weighted by Gasteiger charge is 2.18.